The summed E-state index contributed by atoms with van der Waals surface area (Å²) < 4.78 is 5.23. The van der Waals surface area contributed by atoms with Crippen LogP contribution in [0.25, 0.3) is 16.8 Å². The van der Waals surface area contributed by atoms with Gasteiger partial charge in [0.15, 0.2) is 5.78 Å². The molecule has 0 unspecified atom stereocenters. The van der Waals surface area contributed by atoms with E-state index in [1.807, 2.05) is 49.4 Å². The molecule has 0 atom stereocenters. The smallest absolute Gasteiger partial charge is 0.187 e. The Hall–Kier alpha value is -2.94. The fourth-order valence-electron chi connectivity index (χ4n) is 2.46. The van der Waals surface area contributed by atoms with E-state index < -0.39 is 0 Å². The molecule has 1 aromatic heterocycles. The highest BCUT2D eigenvalue weighted by Crippen LogP contribution is 2.22. The minimum Gasteiger partial charge on any atom is -0.497 e. The molecule has 0 aliphatic carbocycles. The number of aromatic nitrogens is 1. The molecule has 0 saturated heterocycles. The maximum Gasteiger partial charge on any atom is 0.187 e. The molecule has 1 heterocycles. The Morgan fingerprint density at radius 2 is 1.87 bits per heavy atom. The molecular weight excluding hydrogens is 286 g/mol. The van der Waals surface area contributed by atoms with Crippen molar-refractivity contribution in [3.63, 3.8) is 0 Å². The molecule has 0 N–H and O–H groups in total. The fourth-order valence-corrected chi connectivity index (χ4v) is 2.46. The molecule has 2 aromatic carbocycles. The molecule has 3 nitrogen and oxygen atoms in total. The Morgan fingerprint density at radius 1 is 1.09 bits per heavy atom. The summed E-state index contributed by atoms with van der Waals surface area (Å²) in [6.45, 7) is 1.91. The number of methoxy groups -OCH3 is 1. The molecular formula is C20H17NO2. The highest BCUT2D eigenvalue weighted by Gasteiger charge is 2.05. The van der Waals surface area contributed by atoms with Gasteiger partial charge in [0.05, 0.1) is 7.11 Å². The molecule has 114 valence electrons. The molecule has 23 heavy (non-hydrogen) atoms. The van der Waals surface area contributed by atoms with Crippen LogP contribution in [0.4, 0.5) is 0 Å². The van der Waals surface area contributed by atoms with E-state index in [0.717, 1.165) is 27.6 Å². The quantitative estimate of drug-likeness (QED) is 0.528. The van der Waals surface area contributed by atoms with Crippen LogP contribution >= 0.6 is 0 Å². The molecule has 3 aromatic rings. The SMILES string of the molecule is COc1ccc2cc(C=CC(=O)c3cnccc3C)ccc2c1. The monoisotopic (exact) mass is 303 g/mol. The Labute approximate surface area is 135 Å². The van der Waals surface area contributed by atoms with Crippen molar-refractivity contribution in [1.82, 2.24) is 4.98 Å². The van der Waals surface area contributed by atoms with Gasteiger partial charge < -0.3 is 4.74 Å². The Balaban J connectivity index is 1.86. The van der Waals surface area contributed by atoms with Gasteiger partial charge in [0, 0.05) is 18.0 Å². The van der Waals surface area contributed by atoms with Crippen LogP contribution in [0.5, 0.6) is 5.75 Å². The zero-order valence-electron chi connectivity index (χ0n) is 13.1. The number of pyridine rings is 1. The first-order valence-corrected chi connectivity index (χ1v) is 7.38. The van der Waals surface area contributed by atoms with Crippen molar-refractivity contribution in [3.05, 3.63) is 77.6 Å². The van der Waals surface area contributed by atoms with Gasteiger partial charge in [-0.1, -0.05) is 24.3 Å². The lowest BCUT2D eigenvalue weighted by Gasteiger charge is -2.03. The number of hydrogen-bond acceptors (Lipinski definition) is 3. The topological polar surface area (TPSA) is 39.2 Å². The Bertz CT molecular complexity index is 897. The lowest BCUT2D eigenvalue weighted by atomic mass is 10.0. The van der Waals surface area contributed by atoms with Gasteiger partial charge in [0.2, 0.25) is 0 Å². The lowest BCUT2D eigenvalue weighted by Crippen LogP contribution is -1.98. The molecule has 0 fully saturated rings. The first-order valence-electron chi connectivity index (χ1n) is 7.38. The third-order valence-corrected chi connectivity index (χ3v) is 3.80. The van der Waals surface area contributed by atoms with E-state index in [1.165, 1.54) is 0 Å². The van der Waals surface area contributed by atoms with Crippen molar-refractivity contribution in [2.75, 3.05) is 7.11 Å². The van der Waals surface area contributed by atoms with E-state index >= 15 is 0 Å². The average Bonchev–Trinajstić information content (AvgIpc) is 2.59. The molecule has 0 spiro atoms. The van der Waals surface area contributed by atoms with Crippen LogP contribution < -0.4 is 4.74 Å². The van der Waals surface area contributed by atoms with Crippen molar-refractivity contribution in [2.24, 2.45) is 0 Å². The number of fused-ring (bicyclic) bond motifs is 1. The normalized spacial score (nSPS) is 11.0. The van der Waals surface area contributed by atoms with Crippen LogP contribution in [0.1, 0.15) is 21.5 Å². The molecule has 3 heteroatoms. The second kappa shape index (κ2) is 6.44. The maximum atomic E-state index is 12.2. The van der Waals surface area contributed by atoms with Gasteiger partial charge >= 0.3 is 0 Å². The van der Waals surface area contributed by atoms with Crippen LogP contribution in [-0.2, 0) is 0 Å². The molecule has 0 amide bonds. The fraction of sp³-hybridized carbons (Fsp3) is 0.100. The number of nitrogens with zero attached hydrogens (tertiary/aromatic N) is 1. The molecule has 0 radical (unpaired) electrons. The number of aryl methyl sites for hydroxylation is 1. The van der Waals surface area contributed by atoms with Gasteiger partial charge in [-0.05, 0) is 59.2 Å². The third-order valence-electron chi connectivity index (χ3n) is 3.80. The summed E-state index contributed by atoms with van der Waals surface area (Å²) in [5.41, 5.74) is 2.55. The second-order valence-corrected chi connectivity index (χ2v) is 5.36. The number of hydrogen-bond donors (Lipinski definition) is 0. The van der Waals surface area contributed by atoms with Gasteiger partial charge in [-0.3, -0.25) is 9.78 Å². The first-order chi connectivity index (χ1) is 11.2. The largest absolute Gasteiger partial charge is 0.497 e. The predicted molar refractivity (Wildman–Crippen MR) is 92.8 cm³/mol. The summed E-state index contributed by atoms with van der Waals surface area (Å²) in [6.07, 6.45) is 6.72. The minimum atomic E-state index is -0.0366. The summed E-state index contributed by atoms with van der Waals surface area (Å²) in [7, 11) is 1.66. The van der Waals surface area contributed by atoms with Crippen LogP contribution in [0, 0.1) is 6.92 Å². The number of benzene rings is 2. The second-order valence-electron chi connectivity index (χ2n) is 5.36. The minimum absolute atomic E-state index is 0.0366. The number of carbonyl (C=O) groups excluding carboxylic acids is 1. The van der Waals surface area contributed by atoms with Gasteiger partial charge in [0.1, 0.15) is 5.75 Å². The summed E-state index contributed by atoms with van der Waals surface area (Å²) in [5.74, 6) is 0.799. The average molecular weight is 303 g/mol. The highest BCUT2D eigenvalue weighted by atomic mass is 16.5. The van der Waals surface area contributed by atoms with Crippen molar-refractivity contribution in [3.8, 4) is 5.75 Å². The maximum absolute atomic E-state index is 12.2. The van der Waals surface area contributed by atoms with E-state index in [-0.39, 0.29) is 5.78 Å². The summed E-state index contributed by atoms with van der Waals surface area (Å²) in [4.78, 5) is 16.3. The van der Waals surface area contributed by atoms with Crippen LogP contribution in [-0.4, -0.2) is 17.9 Å². The molecule has 0 saturated carbocycles. The highest BCUT2D eigenvalue weighted by molar-refractivity contribution is 6.07. The van der Waals surface area contributed by atoms with Crippen LogP contribution in [0.2, 0.25) is 0 Å². The molecule has 0 bridgehead atoms. The molecule has 0 aliphatic heterocycles. The first kappa shape index (κ1) is 15.0. The molecule has 3 rings (SSSR count). The third kappa shape index (κ3) is 3.29. The van der Waals surface area contributed by atoms with E-state index in [9.17, 15) is 4.79 Å². The summed E-state index contributed by atoms with van der Waals surface area (Å²) in [5, 5.41) is 2.22. The molecule has 0 aliphatic rings. The summed E-state index contributed by atoms with van der Waals surface area (Å²) >= 11 is 0. The van der Waals surface area contributed by atoms with Crippen LogP contribution in [0.15, 0.2) is 60.9 Å². The van der Waals surface area contributed by atoms with E-state index in [4.69, 9.17) is 4.74 Å². The number of carbonyl (C=O) groups is 1. The van der Waals surface area contributed by atoms with Gasteiger partial charge in [-0.2, -0.15) is 0 Å². The number of allylic oxidation sites excluding steroid dienone is 1. The van der Waals surface area contributed by atoms with Gasteiger partial charge in [-0.15, -0.1) is 0 Å². The van der Waals surface area contributed by atoms with E-state index in [0.29, 0.717) is 5.56 Å². The van der Waals surface area contributed by atoms with E-state index in [2.05, 4.69) is 11.1 Å². The van der Waals surface area contributed by atoms with Crippen molar-refractivity contribution in [2.45, 2.75) is 6.92 Å². The van der Waals surface area contributed by atoms with Crippen molar-refractivity contribution >= 4 is 22.6 Å². The number of ketones is 1. The Kier molecular flexibility index (Phi) is 4.20. The zero-order chi connectivity index (χ0) is 16.2. The van der Waals surface area contributed by atoms with E-state index in [1.54, 1.807) is 25.6 Å². The Morgan fingerprint density at radius 3 is 2.65 bits per heavy atom. The van der Waals surface area contributed by atoms with Gasteiger partial charge in [-0.25, -0.2) is 0 Å². The number of ether oxygens (including phenoxy) is 1. The van der Waals surface area contributed by atoms with Gasteiger partial charge in [0.25, 0.3) is 0 Å². The standard InChI is InChI=1S/C20H17NO2/c1-14-9-10-21-13-19(14)20(22)8-4-15-3-5-17-12-18(23-2)7-6-16(17)11-15/h3-13H,1-2H3. The zero-order valence-corrected chi connectivity index (χ0v) is 13.1. The lowest BCUT2D eigenvalue weighted by molar-refractivity contribution is 0.104. The summed E-state index contributed by atoms with van der Waals surface area (Å²) in [6, 6.07) is 13.8. The van der Waals surface area contributed by atoms with Crippen molar-refractivity contribution < 1.29 is 9.53 Å². The van der Waals surface area contributed by atoms with Crippen molar-refractivity contribution in [1.29, 1.82) is 0 Å². The number of rotatable bonds is 4. The van der Waals surface area contributed by atoms with Crippen LogP contribution in [0.3, 0.4) is 0 Å². The predicted octanol–water partition coefficient (Wildman–Crippen LogP) is 4.45.